The number of fused-ring (bicyclic) bond motifs is 1. The summed E-state index contributed by atoms with van der Waals surface area (Å²) < 4.78 is 38.3. The Morgan fingerprint density at radius 3 is 2.76 bits per heavy atom. The minimum absolute atomic E-state index is 0.0368. The number of methoxy groups -OCH3 is 1. The minimum Gasteiger partial charge on any atom is -0.466 e. The van der Waals surface area contributed by atoms with Crippen LogP contribution in [0.2, 0.25) is 0 Å². The first-order valence-electron chi connectivity index (χ1n) is 4.66. The van der Waals surface area contributed by atoms with Gasteiger partial charge in [-0.2, -0.15) is 0 Å². The molecule has 0 atom stereocenters. The van der Waals surface area contributed by atoms with E-state index in [1.54, 1.807) is 0 Å². The lowest BCUT2D eigenvalue weighted by atomic mass is 10.2. The summed E-state index contributed by atoms with van der Waals surface area (Å²) in [5.74, 6) is -0.639. The number of ether oxygens (including phenoxy) is 3. The van der Waals surface area contributed by atoms with E-state index < -0.39 is 12.3 Å². The summed E-state index contributed by atoms with van der Waals surface area (Å²) in [6, 6.07) is 4.20. The molecule has 0 saturated carbocycles. The molecule has 0 unspecified atom stereocenters. The van der Waals surface area contributed by atoms with Gasteiger partial charge in [0.1, 0.15) is 0 Å². The maximum Gasteiger partial charge on any atom is 0.586 e. The molecule has 1 heterocycles. The van der Waals surface area contributed by atoms with E-state index in [0.717, 1.165) is 0 Å². The van der Waals surface area contributed by atoms with Gasteiger partial charge >= 0.3 is 12.3 Å². The molecule has 1 aliphatic heterocycles. The number of carbonyl (C=O) groups excluding carboxylic acids is 1. The summed E-state index contributed by atoms with van der Waals surface area (Å²) in [5, 5.41) is 0. The Kier molecular flexibility index (Phi) is 2.71. The predicted molar refractivity (Wildman–Crippen MR) is 53.7 cm³/mol. The monoisotopic (exact) mass is 242 g/mol. The summed E-state index contributed by atoms with van der Waals surface area (Å²) in [6.45, 7) is 0. The third kappa shape index (κ3) is 2.52. The number of halogens is 2. The Morgan fingerprint density at radius 2 is 2.06 bits per heavy atom. The maximum atomic E-state index is 12.7. The molecule has 0 N–H and O–H groups in total. The SMILES string of the molecule is COC(=O)/C=C/c1ccc2c(c1)OC(F)(F)O2. The molecule has 0 saturated heterocycles. The van der Waals surface area contributed by atoms with Gasteiger partial charge in [-0.25, -0.2) is 4.79 Å². The molecule has 0 aliphatic carbocycles. The van der Waals surface area contributed by atoms with Crippen LogP contribution in [0.25, 0.3) is 6.08 Å². The largest absolute Gasteiger partial charge is 0.586 e. The van der Waals surface area contributed by atoms with Crippen LogP contribution in [0.1, 0.15) is 5.56 Å². The van der Waals surface area contributed by atoms with Gasteiger partial charge in [0.2, 0.25) is 0 Å². The first kappa shape index (κ1) is 11.4. The van der Waals surface area contributed by atoms with Crippen LogP contribution in [-0.4, -0.2) is 19.4 Å². The van der Waals surface area contributed by atoms with Crippen LogP contribution in [0, 0.1) is 0 Å². The second kappa shape index (κ2) is 4.04. The molecule has 17 heavy (non-hydrogen) atoms. The molecule has 6 heteroatoms. The van der Waals surface area contributed by atoms with Crippen molar-refractivity contribution in [2.75, 3.05) is 7.11 Å². The van der Waals surface area contributed by atoms with Crippen molar-refractivity contribution in [1.82, 2.24) is 0 Å². The molecule has 0 fully saturated rings. The molecule has 90 valence electrons. The minimum atomic E-state index is -3.63. The van der Waals surface area contributed by atoms with Crippen LogP contribution in [0.5, 0.6) is 11.5 Å². The lowest BCUT2D eigenvalue weighted by Gasteiger charge is -2.04. The summed E-state index contributed by atoms with van der Waals surface area (Å²) in [5.41, 5.74) is 0.524. The molecular weight excluding hydrogens is 234 g/mol. The summed E-state index contributed by atoms with van der Waals surface area (Å²) in [6.07, 6.45) is -1.03. The smallest absolute Gasteiger partial charge is 0.466 e. The fraction of sp³-hybridized carbons (Fsp3) is 0.182. The molecule has 0 spiro atoms. The number of rotatable bonds is 2. The molecule has 0 radical (unpaired) electrons. The number of benzene rings is 1. The normalized spacial score (nSPS) is 16.2. The second-order valence-electron chi connectivity index (χ2n) is 3.23. The zero-order chi connectivity index (χ0) is 12.5. The highest BCUT2D eigenvalue weighted by molar-refractivity contribution is 5.87. The zero-order valence-corrected chi connectivity index (χ0v) is 8.78. The average Bonchev–Trinajstić information content (AvgIpc) is 2.58. The van der Waals surface area contributed by atoms with E-state index in [9.17, 15) is 13.6 Å². The van der Waals surface area contributed by atoms with Crippen LogP contribution in [-0.2, 0) is 9.53 Å². The Bertz CT molecular complexity index is 482. The Balaban J connectivity index is 2.19. The van der Waals surface area contributed by atoms with Gasteiger partial charge in [0.15, 0.2) is 11.5 Å². The lowest BCUT2D eigenvalue weighted by Crippen LogP contribution is -2.25. The van der Waals surface area contributed by atoms with Crippen LogP contribution in [0.15, 0.2) is 24.3 Å². The zero-order valence-electron chi connectivity index (χ0n) is 8.78. The lowest BCUT2D eigenvalue weighted by molar-refractivity contribution is -0.286. The molecule has 0 amide bonds. The quantitative estimate of drug-likeness (QED) is 0.589. The topological polar surface area (TPSA) is 44.8 Å². The molecule has 4 nitrogen and oxygen atoms in total. The number of hydrogen-bond acceptors (Lipinski definition) is 4. The van der Waals surface area contributed by atoms with E-state index >= 15 is 0 Å². The third-order valence-corrected chi connectivity index (χ3v) is 2.04. The summed E-state index contributed by atoms with van der Waals surface area (Å²) in [7, 11) is 1.24. The fourth-order valence-electron chi connectivity index (χ4n) is 1.30. The van der Waals surface area contributed by atoms with E-state index in [0.29, 0.717) is 5.56 Å². The second-order valence-corrected chi connectivity index (χ2v) is 3.23. The highest BCUT2D eigenvalue weighted by atomic mass is 19.3. The van der Waals surface area contributed by atoms with Crippen molar-refractivity contribution in [2.24, 2.45) is 0 Å². The number of esters is 1. The highest BCUT2D eigenvalue weighted by Gasteiger charge is 2.43. The van der Waals surface area contributed by atoms with Gasteiger partial charge in [0, 0.05) is 6.08 Å². The maximum absolute atomic E-state index is 12.7. The molecule has 0 bridgehead atoms. The van der Waals surface area contributed by atoms with Gasteiger partial charge in [-0.3, -0.25) is 0 Å². The number of carbonyl (C=O) groups is 1. The third-order valence-electron chi connectivity index (χ3n) is 2.04. The van der Waals surface area contributed by atoms with Crippen molar-refractivity contribution in [3.05, 3.63) is 29.8 Å². The first-order valence-corrected chi connectivity index (χ1v) is 4.66. The molecule has 1 aromatic rings. The van der Waals surface area contributed by atoms with Crippen molar-refractivity contribution >= 4 is 12.0 Å². The van der Waals surface area contributed by atoms with Crippen molar-refractivity contribution < 1.29 is 27.8 Å². The summed E-state index contributed by atoms with van der Waals surface area (Å²) >= 11 is 0. The van der Waals surface area contributed by atoms with E-state index in [1.807, 2.05) is 0 Å². The van der Waals surface area contributed by atoms with Gasteiger partial charge in [0.25, 0.3) is 0 Å². The van der Waals surface area contributed by atoms with Crippen LogP contribution in [0.3, 0.4) is 0 Å². The van der Waals surface area contributed by atoms with Gasteiger partial charge in [-0.1, -0.05) is 6.07 Å². The first-order chi connectivity index (χ1) is 8.00. The van der Waals surface area contributed by atoms with Crippen LogP contribution in [0.4, 0.5) is 8.78 Å². The summed E-state index contributed by atoms with van der Waals surface area (Å²) in [4.78, 5) is 10.8. The van der Waals surface area contributed by atoms with Crippen LogP contribution >= 0.6 is 0 Å². The van der Waals surface area contributed by atoms with Crippen molar-refractivity contribution in [1.29, 1.82) is 0 Å². The standard InChI is InChI=1S/C11H8F2O4/c1-15-10(14)5-3-7-2-4-8-9(6-7)17-11(12,13)16-8/h2-6H,1H3/b5-3+. The van der Waals surface area contributed by atoms with Gasteiger partial charge in [0.05, 0.1) is 7.11 Å². The van der Waals surface area contributed by atoms with Crippen molar-refractivity contribution in [2.45, 2.75) is 6.29 Å². The molecule has 1 aliphatic rings. The molecule has 2 rings (SSSR count). The fourth-order valence-corrected chi connectivity index (χ4v) is 1.30. The number of hydrogen-bond donors (Lipinski definition) is 0. The number of alkyl halides is 2. The molecule has 1 aromatic carbocycles. The molecular formula is C11H8F2O4. The van der Waals surface area contributed by atoms with E-state index in [4.69, 9.17) is 0 Å². The van der Waals surface area contributed by atoms with Crippen molar-refractivity contribution in [3.8, 4) is 11.5 Å². The van der Waals surface area contributed by atoms with Gasteiger partial charge < -0.3 is 14.2 Å². The van der Waals surface area contributed by atoms with Crippen LogP contribution < -0.4 is 9.47 Å². The van der Waals surface area contributed by atoms with Crippen molar-refractivity contribution in [3.63, 3.8) is 0 Å². The Labute approximate surface area is 95.4 Å². The Hall–Kier alpha value is -2.11. The highest BCUT2D eigenvalue weighted by Crippen LogP contribution is 2.41. The van der Waals surface area contributed by atoms with E-state index in [1.165, 1.54) is 37.5 Å². The van der Waals surface area contributed by atoms with E-state index in [-0.39, 0.29) is 11.5 Å². The van der Waals surface area contributed by atoms with Gasteiger partial charge in [-0.15, -0.1) is 8.78 Å². The average molecular weight is 242 g/mol. The molecule has 0 aromatic heterocycles. The van der Waals surface area contributed by atoms with E-state index in [2.05, 4.69) is 14.2 Å². The Morgan fingerprint density at radius 1 is 1.35 bits per heavy atom. The predicted octanol–water partition coefficient (Wildman–Crippen LogP) is 2.19. The van der Waals surface area contributed by atoms with Gasteiger partial charge in [-0.05, 0) is 23.8 Å².